The first-order valence-electron chi connectivity index (χ1n) is 17.7. The highest BCUT2D eigenvalue weighted by atomic mass is 32.1. The van der Waals surface area contributed by atoms with E-state index in [9.17, 15) is 0 Å². The Kier molecular flexibility index (Phi) is 15.7. The minimum absolute atomic E-state index is 1.24. The van der Waals surface area contributed by atoms with Crippen molar-refractivity contribution < 1.29 is 0 Å². The Labute approximate surface area is 260 Å². The molecule has 0 N–H and O–H groups in total. The number of aryl methyl sites for hydroxylation is 1. The molecule has 4 rings (SSSR count). The smallest absolute Gasteiger partial charge is 0.0542 e. The van der Waals surface area contributed by atoms with Crippen LogP contribution < -0.4 is 0 Å². The van der Waals surface area contributed by atoms with Crippen LogP contribution in [0.25, 0.3) is 29.6 Å². The van der Waals surface area contributed by atoms with Crippen molar-refractivity contribution in [2.75, 3.05) is 0 Å². The van der Waals surface area contributed by atoms with Gasteiger partial charge in [0.15, 0.2) is 0 Å². The van der Waals surface area contributed by atoms with Crippen LogP contribution in [0.2, 0.25) is 0 Å². The lowest BCUT2D eigenvalue weighted by Gasteiger charge is -2.05. The number of hydrogen-bond donors (Lipinski definition) is 0. The average Bonchev–Trinajstić information content (AvgIpc) is 3.53. The molecule has 226 valence electrons. The summed E-state index contributed by atoms with van der Waals surface area (Å²) >= 11 is 3.95. The Morgan fingerprint density at radius 3 is 1.34 bits per heavy atom. The predicted molar refractivity (Wildman–Crippen MR) is 190 cm³/mol. The molecule has 0 amide bonds. The molecule has 4 aromatic rings. The van der Waals surface area contributed by atoms with E-state index in [0.717, 1.165) is 0 Å². The first-order chi connectivity index (χ1) is 20.4. The van der Waals surface area contributed by atoms with Crippen molar-refractivity contribution in [2.45, 2.75) is 161 Å². The molecule has 2 heteroatoms. The highest BCUT2D eigenvalue weighted by Gasteiger charge is 2.12. The summed E-state index contributed by atoms with van der Waals surface area (Å²) in [5.41, 5.74) is 1.53. The lowest BCUT2D eigenvalue weighted by Crippen LogP contribution is -1.86. The van der Waals surface area contributed by atoms with E-state index in [0.29, 0.717) is 0 Å². The molecular weight excluding hydrogens is 533 g/mol. The van der Waals surface area contributed by atoms with Gasteiger partial charge in [-0.05, 0) is 30.5 Å². The molecular formula is C39H58S2. The minimum Gasteiger partial charge on any atom is -0.134 e. The second-order valence-electron chi connectivity index (χ2n) is 12.7. The van der Waals surface area contributed by atoms with E-state index in [2.05, 4.69) is 49.4 Å². The molecule has 0 atom stereocenters. The molecule has 2 aromatic carbocycles. The van der Waals surface area contributed by atoms with E-state index >= 15 is 0 Å². The van der Waals surface area contributed by atoms with E-state index in [1.54, 1.807) is 0 Å². The minimum atomic E-state index is 1.24. The van der Waals surface area contributed by atoms with Crippen molar-refractivity contribution in [3.05, 3.63) is 48.0 Å². The van der Waals surface area contributed by atoms with Gasteiger partial charge in [0.2, 0.25) is 0 Å². The SMILES string of the molecule is CCCCCCCCCCCCCCCCCCCCCCCCCc1ccc2c(c1)sc1c3ccccc3sc21. The van der Waals surface area contributed by atoms with E-state index < -0.39 is 0 Å². The summed E-state index contributed by atoms with van der Waals surface area (Å²) in [6.07, 6.45) is 34.7. The maximum absolute atomic E-state index is 2.47. The summed E-state index contributed by atoms with van der Waals surface area (Å²) in [7, 11) is 0. The van der Waals surface area contributed by atoms with Crippen molar-refractivity contribution in [2.24, 2.45) is 0 Å². The van der Waals surface area contributed by atoms with Crippen LogP contribution in [0, 0.1) is 0 Å². The molecule has 0 saturated heterocycles. The third kappa shape index (κ3) is 11.3. The Balaban J connectivity index is 0.915. The lowest BCUT2D eigenvalue weighted by molar-refractivity contribution is 0.518. The molecule has 0 aliphatic heterocycles. The lowest BCUT2D eigenvalue weighted by atomic mass is 10.0. The van der Waals surface area contributed by atoms with E-state index in [4.69, 9.17) is 0 Å². The number of rotatable bonds is 24. The zero-order valence-electron chi connectivity index (χ0n) is 26.3. The van der Waals surface area contributed by atoms with Gasteiger partial charge in [-0.3, -0.25) is 0 Å². The van der Waals surface area contributed by atoms with Gasteiger partial charge in [-0.1, -0.05) is 179 Å². The number of benzene rings is 2. The molecule has 0 fully saturated rings. The number of unbranched alkanes of at least 4 members (excludes halogenated alkanes) is 22. The Hall–Kier alpha value is -1.38. The number of hydrogen-bond acceptors (Lipinski definition) is 2. The average molecular weight is 591 g/mol. The normalized spacial score (nSPS) is 11.9. The van der Waals surface area contributed by atoms with Crippen molar-refractivity contribution >= 4 is 52.2 Å². The van der Waals surface area contributed by atoms with Crippen LogP contribution in [0.15, 0.2) is 42.5 Å². The first kappa shape index (κ1) is 32.5. The summed E-state index contributed by atoms with van der Waals surface area (Å²) in [4.78, 5) is 0. The van der Waals surface area contributed by atoms with Crippen LogP contribution in [0.5, 0.6) is 0 Å². The molecule has 0 nitrogen and oxygen atoms in total. The van der Waals surface area contributed by atoms with Gasteiger partial charge in [0.05, 0.1) is 9.40 Å². The van der Waals surface area contributed by atoms with Crippen molar-refractivity contribution in [3.63, 3.8) is 0 Å². The highest BCUT2D eigenvalue weighted by Crippen LogP contribution is 2.44. The van der Waals surface area contributed by atoms with Gasteiger partial charge in [0.25, 0.3) is 0 Å². The van der Waals surface area contributed by atoms with Crippen molar-refractivity contribution in [1.82, 2.24) is 0 Å². The topological polar surface area (TPSA) is 0 Å². The van der Waals surface area contributed by atoms with Gasteiger partial charge < -0.3 is 0 Å². The fraction of sp³-hybridized carbons (Fsp3) is 0.641. The van der Waals surface area contributed by atoms with Gasteiger partial charge in [-0.15, -0.1) is 22.7 Å². The van der Waals surface area contributed by atoms with Gasteiger partial charge >= 0.3 is 0 Å². The zero-order chi connectivity index (χ0) is 28.4. The summed E-state index contributed by atoms with van der Waals surface area (Å²) in [5.74, 6) is 0. The van der Waals surface area contributed by atoms with Crippen LogP contribution in [0.4, 0.5) is 0 Å². The fourth-order valence-corrected chi connectivity index (χ4v) is 9.24. The summed E-state index contributed by atoms with van der Waals surface area (Å²) in [6.45, 7) is 2.31. The van der Waals surface area contributed by atoms with Gasteiger partial charge in [0, 0.05) is 20.2 Å². The molecule has 0 spiro atoms. The largest absolute Gasteiger partial charge is 0.134 e. The monoisotopic (exact) mass is 590 g/mol. The summed E-state index contributed by atoms with van der Waals surface area (Å²) in [6, 6.07) is 16.1. The Morgan fingerprint density at radius 2 is 0.829 bits per heavy atom. The molecule has 0 aliphatic carbocycles. The van der Waals surface area contributed by atoms with Gasteiger partial charge in [-0.25, -0.2) is 0 Å². The standard InChI is InChI=1S/C39H58S2/c1-2-3-4-5-6-7-8-9-10-11-12-13-14-15-16-17-18-19-20-21-22-23-24-27-33-30-31-35-37(32-33)41-38-34-28-25-26-29-36(34)40-39(35)38/h25-26,28-32H,2-24,27H2,1H3. The molecule has 0 unspecified atom stereocenters. The van der Waals surface area contributed by atoms with Crippen LogP contribution in [-0.4, -0.2) is 0 Å². The summed E-state index contributed by atoms with van der Waals surface area (Å²) in [5, 5.41) is 2.89. The Morgan fingerprint density at radius 1 is 0.415 bits per heavy atom. The fourth-order valence-electron chi connectivity index (χ4n) is 6.52. The molecule has 0 bridgehead atoms. The van der Waals surface area contributed by atoms with Crippen molar-refractivity contribution in [1.29, 1.82) is 0 Å². The van der Waals surface area contributed by atoms with Gasteiger partial charge in [-0.2, -0.15) is 0 Å². The second-order valence-corrected chi connectivity index (χ2v) is 14.8. The maximum atomic E-state index is 2.47. The quantitative estimate of drug-likeness (QED) is 0.0712. The third-order valence-electron chi connectivity index (χ3n) is 9.12. The second kappa shape index (κ2) is 19.7. The maximum Gasteiger partial charge on any atom is 0.0542 e. The van der Waals surface area contributed by atoms with E-state index in [1.807, 2.05) is 22.7 Å². The predicted octanol–water partition coefficient (Wildman–Crippen LogP) is 14.8. The molecule has 2 heterocycles. The molecule has 2 aromatic heterocycles. The van der Waals surface area contributed by atoms with Crippen molar-refractivity contribution in [3.8, 4) is 0 Å². The number of thiophene rings is 2. The third-order valence-corrected chi connectivity index (χ3v) is 11.6. The first-order valence-corrected chi connectivity index (χ1v) is 19.3. The van der Waals surface area contributed by atoms with Gasteiger partial charge in [0.1, 0.15) is 0 Å². The molecule has 0 radical (unpaired) electrons. The molecule has 0 aliphatic rings. The zero-order valence-corrected chi connectivity index (χ0v) is 28.0. The van der Waals surface area contributed by atoms with Crippen LogP contribution in [0.1, 0.15) is 160 Å². The molecule has 41 heavy (non-hydrogen) atoms. The van der Waals surface area contributed by atoms with Crippen LogP contribution in [0.3, 0.4) is 0 Å². The summed E-state index contributed by atoms with van der Waals surface area (Å²) < 4.78 is 5.86. The van der Waals surface area contributed by atoms with E-state index in [1.165, 1.54) is 189 Å². The van der Waals surface area contributed by atoms with Crippen LogP contribution >= 0.6 is 22.7 Å². The van der Waals surface area contributed by atoms with Crippen LogP contribution in [-0.2, 0) is 6.42 Å². The number of fused-ring (bicyclic) bond motifs is 5. The molecule has 0 saturated carbocycles. The highest BCUT2D eigenvalue weighted by molar-refractivity contribution is 7.36. The van der Waals surface area contributed by atoms with E-state index in [-0.39, 0.29) is 0 Å². The Bertz CT molecular complexity index is 1230.